The van der Waals surface area contributed by atoms with Crippen LogP contribution in [0.4, 0.5) is 8.78 Å². The van der Waals surface area contributed by atoms with Gasteiger partial charge in [0.25, 0.3) is 5.92 Å². The first kappa shape index (κ1) is 15.5. The van der Waals surface area contributed by atoms with Gasteiger partial charge in [-0.05, 0) is 12.1 Å². The number of carbonyl (C=O) groups is 1. The van der Waals surface area contributed by atoms with E-state index in [1.54, 1.807) is 17.0 Å². The van der Waals surface area contributed by atoms with E-state index in [9.17, 15) is 13.6 Å². The largest absolute Gasteiger partial charge is 0.487 e. The van der Waals surface area contributed by atoms with Gasteiger partial charge in [0, 0.05) is 19.4 Å². The minimum Gasteiger partial charge on any atom is -0.487 e. The quantitative estimate of drug-likeness (QED) is 0.925. The Kier molecular flexibility index (Phi) is 4.23. The molecule has 2 saturated heterocycles. The minimum atomic E-state index is -2.80. The van der Waals surface area contributed by atoms with E-state index >= 15 is 0 Å². The molecule has 1 aromatic rings. The Morgan fingerprint density at radius 1 is 1.41 bits per heavy atom. The van der Waals surface area contributed by atoms with E-state index in [-0.39, 0.29) is 12.0 Å². The molecule has 2 heterocycles. The van der Waals surface area contributed by atoms with E-state index in [4.69, 9.17) is 16.3 Å². The lowest BCUT2D eigenvalue weighted by molar-refractivity contribution is -0.132. The Labute approximate surface area is 132 Å². The SMILES string of the molecule is O=C(C1CC(F)(F)CN1)N1CCC(Oc2ccccc2Cl)C1. The van der Waals surface area contributed by atoms with Crippen LogP contribution in [0.5, 0.6) is 5.75 Å². The molecule has 0 bridgehead atoms. The molecular weight excluding hydrogens is 314 g/mol. The summed E-state index contributed by atoms with van der Waals surface area (Å²) in [5, 5.41) is 3.11. The summed E-state index contributed by atoms with van der Waals surface area (Å²) in [6.45, 7) is 0.475. The third-order valence-electron chi connectivity index (χ3n) is 3.99. The van der Waals surface area contributed by atoms with E-state index in [1.165, 1.54) is 0 Å². The van der Waals surface area contributed by atoms with E-state index < -0.39 is 24.9 Å². The molecule has 22 heavy (non-hydrogen) atoms. The van der Waals surface area contributed by atoms with Gasteiger partial charge in [-0.2, -0.15) is 0 Å². The monoisotopic (exact) mass is 330 g/mol. The molecule has 0 aliphatic carbocycles. The summed E-state index contributed by atoms with van der Waals surface area (Å²) in [7, 11) is 0. The van der Waals surface area contributed by atoms with Crippen molar-refractivity contribution in [1.82, 2.24) is 10.2 Å². The number of hydrogen-bond acceptors (Lipinski definition) is 3. The van der Waals surface area contributed by atoms with Crippen molar-refractivity contribution in [3.63, 3.8) is 0 Å². The molecule has 2 aliphatic heterocycles. The maximum atomic E-state index is 13.2. The van der Waals surface area contributed by atoms with Gasteiger partial charge in [-0.3, -0.25) is 10.1 Å². The summed E-state index contributed by atoms with van der Waals surface area (Å²) in [6, 6.07) is 6.34. The number of rotatable bonds is 3. The molecule has 0 aromatic heterocycles. The van der Waals surface area contributed by atoms with Gasteiger partial charge >= 0.3 is 0 Å². The number of likely N-dealkylation sites (tertiary alicyclic amines) is 1. The van der Waals surface area contributed by atoms with E-state index in [0.717, 1.165) is 0 Å². The van der Waals surface area contributed by atoms with Crippen LogP contribution in [0.3, 0.4) is 0 Å². The lowest BCUT2D eigenvalue weighted by Gasteiger charge is -2.21. The fraction of sp³-hybridized carbons (Fsp3) is 0.533. The first-order chi connectivity index (χ1) is 10.4. The van der Waals surface area contributed by atoms with Crippen molar-refractivity contribution in [3.8, 4) is 5.75 Å². The predicted molar refractivity (Wildman–Crippen MR) is 78.4 cm³/mol. The number of carbonyl (C=O) groups excluding carboxylic acids is 1. The number of benzene rings is 1. The Balaban J connectivity index is 1.56. The van der Waals surface area contributed by atoms with Gasteiger partial charge in [0.15, 0.2) is 0 Å². The first-order valence-corrected chi connectivity index (χ1v) is 7.64. The van der Waals surface area contributed by atoms with Crippen LogP contribution in [0.2, 0.25) is 5.02 Å². The van der Waals surface area contributed by atoms with E-state index in [2.05, 4.69) is 5.32 Å². The zero-order valence-electron chi connectivity index (χ0n) is 11.9. The molecule has 0 spiro atoms. The zero-order chi connectivity index (χ0) is 15.7. The second-order valence-electron chi connectivity index (χ2n) is 5.74. The van der Waals surface area contributed by atoms with Crippen LogP contribution >= 0.6 is 11.6 Å². The molecule has 0 radical (unpaired) electrons. The summed E-state index contributed by atoms with van der Waals surface area (Å²) in [4.78, 5) is 13.8. The Morgan fingerprint density at radius 2 is 2.18 bits per heavy atom. The number of nitrogens with one attached hydrogen (secondary N) is 1. The Morgan fingerprint density at radius 3 is 2.86 bits per heavy atom. The highest BCUT2D eigenvalue weighted by atomic mass is 35.5. The topological polar surface area (TPSA) is 41.6 Å². The first-order valence-electron chi connectivity index (χ1n) is 7.26. The maximum Gasteiger partial charge on any atom is 0.262 e. The van der Waals surface area contributed by atoms with E-state index in [1.807, 2.05) is 12.1 Å². The molecule has 0 saturated carbocycles. The van der Waals surface area contributed by atoms with Gasteiger partial charge in [-0.1, -0.05) is 23.7 Å². The second-order valence-corrected chi connectivity index (χ2v) is 6.14. The molecule has 3 rings (SSSR count). The average molecular weight is 331 g/mol. The molecule has 7 heteroatoms. The molecule has 2 atom stereocenters. The van der Waals surface area contributed by atoms with Crippen LogP contribution in [0, 0.1) is 0 Å². The van der Waals surface area contributed by atoms with Crippen molar-refractivity contribution in [2.45, 2.75) is 30.9 Å². The van der Waals surface area contributed by atoms with Gasteiger partial charge in [-0.25, -0.2) is 8.78 Å². The maximum absolute atomic E-state index is 13.2. The number of nitrogens with zero attached hydrogens (tertiary/aromatic N) is 1. The molecular formula is C15H17ClF2N2O2. The summed E-state index contributed by atoms with van der Waals surface area (Å²) in [5.74, 6) is -2.50. The highest BCUT2D eigenvalue weighted by Crippen LogP contribution is 2.29. The lowest BCUT2D eigenvalue weighted by atomic mass is 10.2. The fourth-order valence-corrected chi connectivity index (χ4v) is 3.04. The number of amides is 1. The third kappa shape index (κ3) is 3.33. The summed E-state index contributed by atoms with van der Waals surface area (Å²) in [5.41, 5.74) is 0. The van der Waals surface area contributed by atoms with Crippen molar-refractivity contribution >= 4 is 17.5 Å². The van der Waals surface area contributed by atoms with Crippen molar-refractivity contribution in [3.05, 3.63) is 29.3 Å². The van der Waals surface area contributed by atoms with Crippen LogP contribution in [0.15, 0.2) is 24.3 Å². The van der Waals surface area contributed by atoms with Gasteiger partial charge in [0.05, 0.1) is 24.2 Å². The number of alkyl halides is 2. The van der Waals surface area contributed by atoms with Crippen molar-refractivity contribution in [1.29, 1.82) is 0 Å². The average Bonchev–Trinajstić information content (AvgIpc) is 3.07. The number of hydrogen-bond donors (Lipinski definition) is 1. The Hall–Kier alpha value is -1.40. The zero-order valence-corrected chi connectivity index (χ0v) is 12.7. The molecule has 2 fully saturated rings. The molecule has 4 nitrogen and oxygen atoms in total. The van der Waals surface area contributed by atoms with Gasteiger partial charge in [0.2, 0.25) is 5.91 Å². The highest BCUT2D eigenvalue weighted by molar-refractivity contribution is 6.32. The summed E-state index contributed by atoms with van der Waals surface area (Å²) in [6.07, 6.45) is 0.0732. The molecule has 1 aromatic carbocycles. The summed E-state index contributed by atoms with van der Waals surface area (Å²) >= 11 is 6.04. The molecule has 2 unspecified atom stereocenters. The van der Waals surface area contributed by atoms with Gasteiger partial charge < -0.3 is 9.64 Å². The highest BCUT2D eigenvalue weighted by Gasteiger charge is 2.44. The molecule has 1 N–H and O–H groups in total. The van der Waals surface area contributed by atoms with Crippen LogP contribution in [0.1, 0.15) is 12.8 Å². The van der Waals surface area contributed by atoms with Crippen LogP contribution in [0.25, 0.3) is 0 Å². The predicted octanol–water partition coefficient (Wildman–Crippen LogP) is 2.32. The molecule has 120 valence electrons. The van der Waals surface area contributed by atoms with Gasteiger partial charge in [-0.15, -0.1) is 0 Å². The minimum absolute atomic E-state index is 0.161. The standard InChI is InChI=1S/C15H17ClF2N2O2/c16-11-3-1-2-4-13(11)22-10-5-6-20(8-10)14(21)12-7-15(17,18)9-19-12/h1-4,10,12,19H,5-9H2. The van der Waals surface area contributed by atoms with Crippen LogP contribution in [-0.2, 0) is 4.79 Å². The third-order valence-corrected chi connectivity index (χ3v) is 4.31. The van der Waals surface area contributed by atoms with Crippen molar-refractivity contribution in [2.24, 2.45) is 0 Å². The normalized spacial score (nSPS) is 27.1. The smallest absolute Gasteiger partial charge is 0.262 e. The number of halogens is 3. The van der Waals surface area contributed by atoms with Crippen LogP contribution in [-0.4, -0.2) is 48.5 Å². The Bertz CT molecular complexity index is 570. The van der Waals surface area contributed by atoms with Crippen molar-refractivity contribution in [2.75, 3.05) is 19.6 Å². The van der Waals surface area contributed by atoms with Gasteiger partial charge in [0.1, 0.15) is 11.9 Å². The molecule has 2 aliphatic rings. The van der Waals surface area contributed by atoms with E-state index in [0.29, 0.717) is 30.3 Å². The number of ether oxygens (including phenoxy) is 1. The lowest BCUT2D eigenvalue weighted by Crippen LogP contribution is -2.43. The fourth-order valence-electron chi connectivity index (χ4n) is 2.85. The molecule has 1 amide bonds. The van der Waals surface area contributed by atoms with Crippen LogP contribution < -0.4 is 10.1 Å². The summed E-state index contributed by atoms with van der Waals surface area (Å²) < 4.78 is 32.2. The number of para-hydroxylation sites is 1. The van der Waals surface area contributed by atoms with Crippen molar-refractivity contribution < 1.29 is 18.3 Å². The second kappa shape index (κ2) is 6.01.